The number of hydrogen-bond acceptors (Lipinski definition) is 1. The van der Waals surface area contributed by atoms with E-state index in [1.807, 2.05) is 0 Å². The Kier molecular flexibility index (Phi) is 12.3. The Bertz CT molecular complexity index is 262. The van der Waals surface area contributed by atoms with Gasteiger partial charge >= 0.3 is 0 Å². The standard InChI is InChI=1S/C22H47N/c1-7-9-10-11-12-13-14-15-16-17-19-20(18-8-2)22(6,23)21(3,4)5/h20H,7-19,23H2,1-6H3. The van der Waals surface area contributed by atoms with Crippen molar-refractivity contribution in [3.05, 3.63) is 0 Å². The van der Waals surface area contributed by atoms with Crippen LogP contribution in [0.3, 0.4) is 0 Å². The van der Waals surface area contributed by atoms with Crippen molar-refractivity contribution in [1.29, 1.82) is 0 Å². The van der Waals surface area contributed by atoms with Crippen molar-refractivity contribution in [3.63, 3.8) is 0 Å². The van der Waals surface area contributed by atoms with Crippen molar-refractivity contribution < 1.29 is 0 Å². The molecule has 1 heteroatoms. The molecule has 140 valence electrons. The Balaban J connectivity index is 3.86. The van der Waals surface area contributed by atoms with Crippen LogP contribution in [0.5, 0.6) is 0 Å². The van der Waals surface area contributed by atoms with Gasteiger partial charge in [-0.15, -0.1) is 0 Å². The van der Waals surface area contributed by atoms with Gasteiger partial charge in [-0.1, -0.05) is 105 Å². The van der Waals surface area contributed by atoms with Gasteiger partial charge in [0.2, 0.25) is 0 Å². The van der Waals surface area contributed by atoms with E-state index in [9.17, 15) is 0 Å². The van der Waals surface area contributed by atoms with Crippen LogP contribution >= 0.6 is 0 Å². The first-order valence-electron chi connectivity index (χ1n) is 10.6. The van der Waals surface area contributed by atoms with Crippen LogP contribution in [-0.4, -0.2) is 5.54 Å². The van der Waals surface area contributed by atoms with Crippen LogP contribution in [0.2, 0.25) is 0 Å². The monoisotopic (exact) mass is 325 g/mol. The van der Waals surface area contributed by atoms with Gasteiger partial charge in [0.15, 0.2) is 0 Å². The summed E-state index contributed by atoms with van der Waals surface area (Å²) in [4.78, 5) is 0. The molecule has 0 fully saturated rings. The molecule has 0 saturated heterocycles. The summed E-state index contributed by atoms with van der Waals surface area (Å²) in [6.07, 6.45) is 18.0. The fourth-order valence-corrected chi connectivity index (χ4v) is 3.58. The van der Waals surface area contributed by atoms with E-state index in [2.05, 4.69) is 41.5 Å². The molecule has 0 rings (SSSR count). The zero-order valence-corrected chi connectivity index (χ0v) is 17.3. The van der Waals surface area contributed by atoms with Crippen LogP contribution in [0.1, 0.15) is 125 Å². The lowest BCUT2D eigenvalue weighted by atomic mass is 9.65. The van der Waals surface area contributed by atoms with Gasteiger partial charge in [0.25, 0.3) is 0 Å². The molecule has 2 atom stereocenters. The van der Waals surface area contributed by atoms with Crippen LogP contribution < -0.4 is 5.73 Å². The first-order valence-corrected chi connectivity index (χ1v) is 10.6. The van der Waals surface area contributed by atoms with Gasteiger partial charge in [-0.05, 0) is 31.1 Å². The molecular weight excluding hydrogens is 278 g/mol. The fraction of sp³-hybridized carbons (Fsp3) is 1.00. The maximum absolute atomic E-state index is 6.74. The van der Waals surface area contributed by atoms with E-state index in [4.69, 9.17) is 5.73 Å². The van der Waals surface area contributed by atoms with E-state index in [-0.39, 0.29) is 11.0 Å². The molecule has 2 N–H and O–H groups in total. The van der Waals surface area contributed by atoms with Gasteiger partial charge in [-0.25, -0.2) is 0 Å². The number of rotatable bonds is 14. The lowest BCUT2D eigenvalue weighted by Crippen LogP contribution is -2.54. The topological polar surface area (TPSA) is 26.0 Å². The summed E-state index contributed by atoms with van der Waals surface area (Å²) in [7, 11) is 0. The molecule has 0 saturated carbocycles. The van der Waals surface area contributed by atoms with Crippen molar-refractivity contribution in [3.8, 4) is 0 Å². The molecule has 0 aromatic rings. The first-order chi connectivity index (χ1) is 10.8. The van der Waals surface area contributed by atoms with Crippen LogP contribution in [-0.2, 0) is 0 Å². The van der Waals surface area contributed by atoms with Crippen LogP contribution in [0.4, 0.5) is 0 Å². The number of unbranched alkanes of at least 4 members (excludes halogenated alkanes) is 9. The maximum atomic E-state index is 6.74. The molecule has 23 heavy (non-hydrogen) atoms. The van der Waals surface area contributed by atoms with Crippen LogP contribution in [0.25, 0.3) is 0 Å². The third-order valence-electron chi connectivity index (χ3n) is 6.01. The van der Waals surface area contributed by atoms with Gasteiger partial charge in [0.1, 0.15) is 0 Å². The Morgan fingerprint density at radius 1 is 0.609 bits per heavy atom. The second-order valence-corrected chi connectivity index (χ2v) is 8.99. The summed E-state index contributed by atoms with van der Waals surface area (Å²) < 4.78 is 0. The third kappa shape index (κ3) is 9.75. The van der Waals surface area contributed by atoms with Crippen molar-refractivity contribution >= 4 is 0 Å². The molecule has 1 nitrogen and oxygen atoms in total. The Hall–Kier alpha value is -0.0400. The molecule has 0 radical (unpaired) electrons. The summed E-state index contributed by atoms with van der Waals surface area (Å²) in [5.74, 6) is 0.668. The minimum absolute atomic E-state index is 0.0533. The Morgan fingerprint density at radius 3 is 1.43 bits per heavy atom. The van der Waals surface area contributed by atoms with Gasteiger partial charge in [-0.2, -0.15) is 0 Å². The second-order valence-electron chi connectivity index (χ2n) is 8.99. The van der Waals surface area contributed by atoms with E-state index < -0.39 is 0 Å². The minimum Gasteiger partial charge on any atom is -0.325 e. The average Bonchev–Trinajstić information content (AvgIpc) is 2.46. The summed E-state index contributed by atoms with van der Waals surface area (Å²) in [6, 6.07) is 0. The quantitative estimate of drug-likeness (QED) is 0.329. The highest BCUT2D eigenvalue weighted by molar-refractivity contribution is 4.96. The van der Waals surface area contributed by atoms with E-state index in [0.29, 0.717) is 5.92 Å². The molecule has 0 aliphatic heterocycles. The highest BCUT2D eigenvalue weighted by Crippen LogP contribution is 2.38. The molecule has 0 aromatic heterocycles. The largest absolute Gasteiger partial charge is 0.325 e. The summed E-state index contributed by atoms with van der Waals surface area (Å²) in [6.45, 7) is 13.8. The second kappa shape index (κ2) is 12.3. The van der Waals surface area contributed by atoms with Crippen molar-refractivity contribution in [2.24, 2.45) is 17.1 Å². The molecule has 0 heterocycles. The Morgan fingerprint density at radius 2 is 1.04 bits per heavy atom. The van der Waals surface area contributed by atoms with Crippen molar-refractivity contribution in [2.75, 3.05) is 0 Å². The minimum atomic E-state index is -0.0533. The molecule has 2 unspecified atom stereocenters. The first kappa shape index (κ1) is 23.0. The zero-order chi connectivity index (χ0) is 17.8. The predicted octanol–water partition coefficient (Wildman–Crippen LogP) is 7.48. The molecule has 0 aromatic carbocycles. The van der Waals surface area contributed by atoms with Crippen molar-refractivity contribution in [2.45, 2.75) is 131 Å². The number of nitrogens with two attached hydrogens (primary N) is 1. The van der Waals surface area contributed by atoms with Crippen LogP contribution in [0, 0.1) is 11.3 Å². The molecule has 0 aliphatic rings. The SMILES string of the molecule is CCCCCCCCCCCCC(CCC)C(C)(N)C(C)(C)C. The lowest BCUT2D eigenvalue weighted by Gasteiger charge is -2.45. The molecule has 0 amide bonds. The van der Waals surface area contributed by atoms with Crippen LogP contribution in [0.15, 0.2) is 0 Å². The smallest absolute Gasteiger partial charge is 0.0203 e. The maximum Gasteiger partial charge on any atom is 0.0203 e. The molecule has 0 aliphatic carbocycles. The normalized spacial score (nSPS) is 16.3. The number of hydrogen-bond donors (Lipinski definition) is 1. The van der Waals surface area contributed by atoms with Gasteiger partial charge in [0.05, 0.1) is 0 Å². The van der Waals surface area contributed by atoms with E-state index in [1.165, 1.54) is 83.5 Å². The summed E-state index contributed by atoms with van der Waals surface area (Å²) in [5.41, 5.74) is 6.88. The van der Waals surface area contributed by atoms with Gasteiger partial charge < -0.3 is 5.73 Å². The van der Waals surface area contributed by atoms with E-state index in [1.54, 1.807) is 0 Å². The third-order valence-corrected chi connectivity index (χ3v) is 6.01. The molecule has 0 bridgehead atoms. The lowest BCUT2D eigenvalue weighted by molar-refractivity contribution is 0.113. The van der Waals surface area contributed by atoms with Gasteiger partial charge in [0, 0.05) is 5.54 Å². The van der Waals surface area contributed by atoms with E-state index in [0.717, 1.165) is 0 Å². The van der Waals surface area contributed by atoms with Crippen molar-refractivity contribution in [1.82, 2.24) is 0 Å². The zero-order valence-electron chi connectivity index (χ0n) is 17.3. The Labute approximate surface area is 148 Å². The van der Waals surface area contributed by atoms with E-state index >= 15 is 0 Å². The summed E-state index contributed by atoms with van der Waals surface area (Å²) >= 11 is 0. The molecular formula is C22H47N. The highest BCUT2D eigenvalue weighted by atomic mass is 14.8. The summed E-state index contributed by atoms with van der Waals surface area (Å²) in [5, 5.41) is 0. The predicted molar refractivity (Wildman–Crippen MR) is 107 cm³/mol. The van der Waals surface area contributed by atoms with Gasteiger partial charge in [-0.3, -0.25) is 0 Å². The average molecular weight is 326 g/mol. The molecule has 0 spiro atoms. The highest BCUT2D eigenvalue weighted by Gasteiger charge is 2.39. The fourth-order valence-electron chi connectivity index (χ4n) is 3.58.